The van der Waals surface area contributed by atoms with Crippen molar-refractivity contribution in [2.24, 2.45) is 0 Å². The number of ether oxygens (including phenoxy) is 1. The summed E-state index contributed by atoms with van der Waals surface area (Å²) >= 11 is -3.95. The predicted octanol–water partition coefficient (Wildman–Crippen LogP) is 12.0. The van der Waals surface area contributed by atoms with Gasteiger partial charge in [-0.15, -0.1) is 0 Å². The first-order valence-electron chi connectivity index (χ1n) is 19.1. The van der Waals surface area contributed by atoms with E-state index in [1.54, 1.807) is 6.08 Å². The molecular weight excluding hydrogens is 719 g/mol. The molecule has 7 aromatic rings. The molecule has 0 fully saturated rings. The second-order valence-electron chi connectivity index (χ2n) is 15.0. The fourth-order valence-corrected chi connectivity index (χ4v) is 22.2. The van der Waals surface area contributed by atoms with Crippen molar-refractivity contribution >= 4 is 69.5 Å². The van der Waals surface area contributed by atoms with Crippen molar-refractivity contribution in [2.75, 3.05) is 0 Å². The fraction of sp³-hybridized carbons (Fsp3) is 0.143. The molecule has 11 rings (SSSR count). The van der Waals surface area contributed by atoms with Crippen molar-refractivity contribution in [1.82, 2.24) is 11.6 Å². The number of fused-ring (bicyclic) bond motifs is 6. The van der Waals surface area contributed by atoms with Crippen LogP contribution in [0.5, 0.6) is 0 Å². The maximum absolute atomic E-state index is 6.88. The molecule has 4 aromatic carbocycles. The van der Waals surface area contributed by atoms with Gasteiger partial charge < -0.3 is 0 Å². The van der Waals surface area contributed by atoms with E-state index in [0.717, 1.165) is 37.2 Å². The van der Waals surface area contributed by atoms with E-state index in [-0.39, 0.29) is 0 Å². The summed E-state index contributed by atoms with van der Waals surface area (Å²) in [6.07, 6.45) is 27.5. The number of nitrogens with zero attached hydrogens (tertiary/aromatic N) is 3. The van der Waals surface area contributed by atoms with Crippen LogP contribution in [0.1, 0.15) is 55.6 Å². The molecule has 4 aliphatic rings. The number of hydrogen-bond donors (Lipinski definition) is 0. The minimum absolute atomic E-state index is 0.892. The van der Waals surface area contributed by atoms with Crippen molar-refractivity contribution in [3.05, 3.63) is 158 Å². The first-order chi connectivity index (χ1) is 26.6. The first kappa shape index (κ1) is 31.6. The Kier molecular flexibility index (Phi) is 6.76. The van der Waals surface area contributed by atoms with E-state index < -0.39 is 13.7 Å². The molecule has 0 saturated carbocycles. The third kappa shape index (κ3) is 3.90. The van der Waals surface area contributed by atoms with Crippen LogP contribution in [-0.4, -0.2) is 25.3 Å². The van der Waals surface area contributed by atoms with Crippen LogP contribution in [0.3, 0.4) is 0 Å². The van der Waals surface area contributed by atoms with E-state index in [2.05, 4.69) is 154 Å². The molecule has 0 saturated heterocycles. The van der Waals surface area contributed by atoms with Crippen LogP contribution < -0.4 is 0 Å². The summed E-state index contributed by atoms with van der Waals surface area (Å²) in [7, 11) is 0. The molecule has 2 aliphatic heterocycles. The van der Waals surface area contributed by atoms with Gasteiger partial charge in [-0.1, -0.05) is 6.07 Å². The van der Waals surface area contributed by atoms with Crippen molar-refractivity contribution in [2.45, 2.75) is 46.5 Å². The molecular formula is C49H39GeN3O. The SMILES string of the molecule is C#C/C=C\C1=[C](C)[Ge]2([C]3=C(C=CCC3)O1)[n]1c(C)c(/C=C\C)c3ccc4c(c5c6c(ccc5n4-c4ccc(-c5ccccc5)cc4)c4c([n]62)CCC=C4)c31. The standard InChI is InChI=1S/C49H39GeN3O/c1-5-7-21-44-31(3)50(40-19-12-14-22-45(40)54-44)52-32(4)36(15-6-2)38-27-29-42-46(48(38)52)47-43(30-28-39-37-18-11-13-20-41(37)53(50)49(39)47)51(42)35-25-23-34(24-26-35)33-16-9-8-10-17-33/h1,6-11,14-18,21-30H,12-13,19-20H2,2-4H3/b15-6-,21-7-. The van der Waals surface area contributed by atoms with Crippen molar-refractivity contribution in [3.63, 3.8) is 0 Å². The van der Waals surface area contributed by atoms with Crippen LogP contribution in [0.15, 0.2) is 136 Å². The zero-order valence-corrected chi connectivity index (χ0v) is 32.9. The van der Waals surface area contributed by atoms with E-state index in [1.165, 1.54) is 91.8 Å². The van der Waals surface area contributed by atoms with Crippen molar-refractivity contribution in [1.29, 1.82) is 0 Å². The summed E-state index contributed by atoms with van der Waals surface area (Å²) < 4.78 is 18.0. The number of aromatic nitrogens is 3. The fourth-order valence-electron chi connectivity index (χ4n) is 10.3. The van der Waals surface area contributed by atoms with Gasteiger partial charge in [-0.3, -0.25) is 0 Å². The second-order valence-corrected chi connectivity index (χ2v) is 22.5. The van der Waals surface area contributed by atoms with Gasteiger partial charge in [-0.2, -0.15) is 0 Å². The molecule has 0 bridgehead atoms. The Morgan fingerprint density at radius 2 is 1.46 bits per heavy atom. The average molecular weight is 758 g/mol. The molecule has 1 spiro atoms. The number of rotatable bonds is 4. The summed E-state index contributed by atoms with van der Waals surface area (Å²) in [5, 5.41) is 5.35. The van der Waals surface area contributed by atoms with E-state index >= 15 is 0 Å². The molecule has 4 nitrogen and oxygen atoms in total. The van der Waals surface area contributed by atoms with Crippen LogP contribution >= 0.6 is 0 Å². The van der Waals surface area contributed by atoms with E-state index in [4.69, 9.17) is 11.2 Å². The Morgan fingerprint density at radius 1 is 0.759 bits per heavy atom. The van der Waals surface area contributed by atoms with Crippen LogP contribution in [-0.2, 0) is 11.2 Å². The predicted molar refractivity (Wildman–Crippen MR) is 228 cm³/mol. The topological polar surface area (TPSA) is 24.0 Å². The van der Waals surface area contributed by atoms with Gasteiger partial charge in [0.25, 0.3) is 0 Å². The number of hydrogen-bond acceptors (Lipinski definition) is 1. The Hall–Kier alpha value is -5.90. The van der Waals surface area contributed by atoms with Gasteiger partial charge in [0.1, 0.15) is 0 Å². The molecule has 1 atom stereocenters. The Balaban J connectivity index is 1.38. The number of allylic oxidation sites excluding steroid dienone is 8. The molecule has 3 aromatic heterocycles. The Bertz CT molecular complexity index is 3040. The average Bonchev–Trinajstić information content (AvgIpc) is 3.80. The molecule has 54 heavy (non-hydrogen) atoms. The summed E-state index contributed by atoms with van der Waals surface area (Å²) in [5.41, 5.74) is 14.3. The van der Waals surface area contributed by atoms with Crippen LogP contribution in [0.4, 0.5) is 0 Å². The van der Waals surface area contributed by atoms with Gasteiger partial charge in [-0.25, -0.2) is 0 Å². The first-order valence-corrected chi connectivity index (χ1v) is 23.1. The summed E-state index contributed by atoms with van der Waals surface area (Å²) in [6, 6.07) is 29.4. The molecule has 5 heteroatoms. The van der Waals surface area contributed by atoms with E-state index in [9.17, 15) is 0 Å². The molecule has 0 N–H and O–H groups in total. The molecule has 5 heterocycles. The quantitative estimate of drug-likeness (QED) is 0.130. The zero-order chi connectivity index (χ0) is 36.3. The zero-order valence-electron chi connectivity index (χ0n) is 30.8. The summed E-state index contributed by atoms with van der Waals surface area (Å²) in [5.74, 6) is 4.66. The molecule has 1 unspecified atom stereocenters. The minimum atomic E-state index is -3.95. The molecule has 0 amide bonds. The van der Waals surface area contributed by atoms with Gasteiger partial charge in [-0.05, 0) is 0 Å². The van der Waals surface area contributed by atoms with E-state index in [0.29, 0.717) is 0 Å². The van der Waals surface area contributed by atoms with Crippen LogP contribution in [0.2, 0.25) is 0 Å². The van der Waals surface area contributed by atoms with E-state index in [1.807, 2.05) is 6.08 Å². The maximum atomic E-state index is 6.88. The number of benzene rings is 4. The van der Waals surface area contributed by atoms with Crippen LogP contribution in [0, 0.1) is 19.3 Å². The monoisotopic (exact) mass is 759 g/mol. The normalized spacial score (nSPS) is 18.9. The van der Waals surface area contributed by atoms with Gasteiger partial charge in [0.05, 0.1) is 0 Å². The van der Waals surface area contributed by atoms with Crippen molar-refractivity contribution in [3.8, 4) is 29.2 Å². The Morgan fingerprint density at radius 3 is 2.22 bits per heavy atom. The van der Waals surface area contributed by atoms with Crippen LogP contribution in [0.25, 0.3) is 72.6 Å². The van der Waals surface area contributed by atoms with Gasteiger partial charge in [0, 0.05) is 0 Å². The molecule has 2 aliphatic carbocycles. The summed E-state index contributed by atoms with van der Waals surface area (Å²) in [4.78, 5) is 0. The molecule has 260 valence electrons. The van der Waals surface area contributed by atoms with Crippen molar-refractivity contribution < 1.29 is 4.74 Å². The second kappa shape index (κ2) is 11.5. The van der Waals surface area contributed by atoms with Gasteiger partial charge >= 0.3 is 314 Å². The number of terminal acetylenes is 1. The van der Waals surface area contributed by atoms with Gasteiger partial charge in [0.15, 0.2) is 0 Å². The third-order valence-corrected chi connectivity index (χ3v) is 22.9. The summed E-state index contributed by atoms with van der Waals surface area (Å²) in [6.45, 7) is 6.87. The van der Waals surface area contributed by atoms with Gasteiger partial charge in [0.2, 0.25) is 0 Å². The molecule has 0 radical (unpaired) electrons. The Labute approximate surface area is 318 Å². The third-order valence-electron chi connectivity index (χ3n) is 12.4.